The number of sulfonamides is 1. The standard InChI is InChI=1S/C19H20Cl2N2O4S/c1-12-10-23(11-13(2)27-12)28(25,26)16-5-3-4-14(8-16)19(24)22-18-9-15(20)6-7-17(18)21/h3-9,12-13H,10-11H2,1-2H3,(H,22,24). The number of carbonyl (C=O) groups is 1. The number of hydrogen-bond acceptors (Lipinski definition) is 4. The number of rotatable bonds is 4. The van der Waals surface area contributed by atoms with Crippen LogP contribution < -0.4 is 5.32 Å². The molecular weight excluding hydrogens is 423 g/mol. The quantitative estimate of drug-likeness (QED) is 0.774. The van der Waals surface area contributed by atoms with E-state index in [0.29, 0.717) is 15.7 Å². The Hall–Kier alpha value is -1.64. The molecule has 1 saturated heterocycles. The first-order chi connectivity index (χ1) is 13.2. The fourth-order valence-electron chi connectivity index (χ4n) is 3.06. The second-order valence-corrected chi connectivity index (χ2v) is 9.47. The summed E-state index contributed by atoms with van der Waals surface area (Å²) >= 11 is 12.0. The number of anilines is 1. The van der Waals surface area contributed by atoms with Gasteiger partial charge in [-0.3, -0.25) is 4.79 Å². The van der Waals surface area contributed by atoms with Crippen LogP contribution in [0.5, 0.6) is 0 Å². The summed E-state index contributed by atoms with van der Waals surface area (Å²) < 4.78 is 33.0. The highest BCUT2D eigenvalue weighted by molar-refractivity contribution is 7.89. The van der Waals surface area contributed by atoms with Gasteiger partial charge < -0.3 is 10.1 Å². The lowest BCUT2D eigenvalue weighted by Crippen LogP contribution is -2.48. The van der Waals surface area contributed by atoms with Crippen LogP contribution >= 0.6 is 23.2 Å². The van der Waals surface area contributed by atoms with Crippen molar-refractivity contribution in [2.45, 2.75) is 31.0 Å². The van der Waals surface area contributed by atoms with Gasteiger partial charge in [0.2, 0.25) is 10.0 Å². The number of halogens is 2. The molecule has 28 heavy (non-hydrogen) atoms. The SMILES string of the molecule is CC1CN(S(=O)(=O)c2cccc(C(=O)Nc3cc(Cl)ccc3Cl)c2)CC(C)O1. The van der Waals surface area contributed by atoms with Crippen LogP contribution in [0.2, 0.25) is 10.0 Å². The first-order valence-electron chi connectivity index (χ1n) is 8.69. The molecule has 1 amide bonds. The molecule has 1 heterocycles. The van der Waals surface area contributed by atoms with Gasteiger partial charge in [0.25, 0.3) is 5.91 Å². The molecule has 2 aromatic rings. The molecule has 1 aliphatic rings. The van der Waals surface area contributed by atoms with E-state index >= 15 is 0 Å². The largest absolute Gasteiger partial charge is 0.373 e. The van der Waals surface area contributed by atoms with E-state index in [1.54, 1.807) is 12.1 Å². The maximum absolute atomic E-state index is 13.0. The molecule has 0 saturated carbocycles. The van der Waals surface area contributed by atoms with Gasteiger partial charge in [0, 0.05) is 23.7 Å². The third kappa shape index (κ3) is 4.67. The van der Waals surface area contributed by atoms with Crippen molar-refractivity contribution >= 4 is 44.8 Å². The first kappa shape index (κ1) is 21.1. The van der Waals surface area contributed by atoms with Crippen molar-refractivity contribution in [1.29, 1.82) is 0 Å². The van der Waals surface area contributed by atoms with Crippen LogP contribution in [0.25, 0.3) is 0 Å². The van der Waals surface area contributed by atoms with Crippen LogP contribution in [-0.4, -0.2) is 43.9 Å². The summed E-state index contributed by atoms with van der Waals surface area (Å²) in [5, 5.41) is 3.41. The Morgan fingerprint density at radius 1 is 1.11 bits per heavy atom. The Labute approximate surface area is 174 Å². The normalized spacial score (nSPS) is 20.7. The summed E-state index contributed by atoms with van der Waals surface area (Å²) in [6, 6.07) is 10.6. The van der Waals surface area contributed by atoms with Crippen molar-refractivity contribution in [1.82, 2.24) is 4.31 Å². The maximum Gasteiger partial charge on any atom is 0.255 e. The average Bonchev–Trinajstić information content (AvgIpc) is 2.64. The highest BCUT2D eigenvalue weighted by atomic mass is 35.5. The van der Waals surface area contributed by atoms with Crippen molar-refractivity contribution in [3.8, 4) is 0 Å². The van der Waals surface area contributed by atoms with E-state index in [-0.39, 0.29) is 35.8 Å². The molecule has 0 aliphatic carbocycles. The molecule has 1 aliphatic heterocycles. The van der Waals surface area contributed by atoms with Gasteiger partial charge in [-0.15, -0.1) is 0 Å². The number of carbonyl (C=O) groups excluding carboxylic acids is 1. The van der Waals surface area contributed by atoms with Crippen LogP contribution in [0, 0.1) is 0 Å². The van der Waals surface area contributed by atoms with Crippen molar-refractivity contribution in [2.24, 2.45) is 0 Å². The van der Waals surface area contributed by atoms with E-state index < -0.39 is 15.9 Å². The van der Waals surface area contributed by atoms with Gasteiger partial charge in [-0.2, -0.15) is 4.31 Å². The molecule has 0 spiro atoms. The molecule has 2 unspecified atom stereocenters. The lowest BCUT2D eigenvalue weighted by Gasteiger charge is -2.34. The molecule has 0 aromatic heterocycles. The predicted molar refractivity (Wildman–Crippen MR) is 110 cm³/mol. The van der Waals surface area contributed by atoms with Crippen molar-refractivity contribution in [2.75, 3.05) is 18.4 Å². The molecule has 0 radical (unpaired) electrons. The number of morpholine rings is 1. The molecule has 6 nitrogen and oxygen atoms in total. The van der Waals surface area contributed by atoms with Crippen molar-refractivity contribution < 1.29 is 17.9 Å². The molecule has 9 heteroatoms. The minimum absolute atomic E-state index is 0.0543. The van der Waals surface area contributed by atoms with Gasteiger partial charge in [-0.1, -0.05) is 29.3 Å². The van der Waals surface area contributed by atoms with Crippen molar-refractivity contribution in [3.63, 3.8) is 0 Å². The smallest absolute Gasteiger partial charge is 0.255 e. The fourth-order valence-corrected chi connectivity index (χ4v) is 5.04. The zero-order valence-electron chi connectivity index (χ0n) is 15.4. The number of ether oxygens (including phenoxy) is 1. The van der Waals surface area contributed by atoms with E-state index in [1.165, 1.54) is 34.6 Å². The van der Waals surface area contributed by atoms with E-state index in [0.717, 1.165) is 0 Å². The van der Waals surface area contributed by atoms with Gasteiger partial charge in [-0.05, 0) is 50.2 Å². The monoisotopic (exact) mass is 442 g/mol. The molecule has 1 N–H and O–H groups in total. The lowest BCUT2D eigenvalue weighted by atomic mass is 10.2. The second kappa shape index (κ2) is 8.39. The van der Waals surface area contributed by atoms with Gasteiger partial charge in [0.05, 0.1) is 27.8 Å². The van der Waals surface area contributed by atoms with Crippen LogP contribution in [-0.2, 0) is 14.8 Å². The van der Waals surface area contributed by atoms with Crippen LogP contribution in [0.3, 0.4) is 0 Å². The number of hydrogen-bond donors (Lipinski definition) is 1. The van der Waals surface area contributed by atoms with Crippen LogP contribution in [0.15, 0.2) is 47.4 Å². The van der Waals surface area contributed by atoms with E-state index in [2.05, 4.69) is 5.32 Å². The third-order valence-electron chi connectivity index (χ3n) is 4.30. The molecule has 2 aromatic carbocycles. The molecule has 0 bridgehead atoms. The number of benzene rings is 2. The Morgan fingerprint density at radius 2 is 1.79 bits per heavy atom. The molecule has 2 atom stereocenters. The van der Waals surface area contributed by atoms with Crippen molar-refractivity contribution in [3.05, 3.63) is 58.1 Å². The minimum atomic E-state index is -3.75. The van der Waals surface area contributed by atoms with Gasteiger partial charge in [0.15, 0.2) is 0 Å². The fraction of sp³-hybridized carbons (Fsp3) is 0.316. The maximum atomic E-state index is 13.0. The van der Waals surface area contributed by atoms with Gasteiger partial charge >= 0.3 is 0 Å². The molecule has 1 fully saturated rings. The molecule has 3 rings (SSSR count). The third-order valence-corrected chi connectivity index (χ3v) is 6.69. The Balaban J connectivity index is 1.85. The average molecular weight is 443 g/mol. The van der Waals surface area contributed by atoms with E-state index in [1.807, 2.05) is 13.8 Å². The number of nitrogens with one attached hydrogen (secondary N) is 1. The summed E-state index contributed by atoms with van der Waals surface area (Å²) in [7, 11) is -3.75. The number of nitrogens with zero attached hydrogens (tertiary/aromatic N) is 1. The Kier molecular flexibility index (Phi) is 6.31. The van der Waals surface area contributed by atoms with E-state index in [4.69, 9.17) is 27.9 Å². The van der Waals surface area contributed by atoms with Gasteiger partial charge in [0.1, 0.15) is 0 Å². The highest BCUT2D eigenvalue weighted by Crippen LogP contribution is 2.27. The molecular formula is C19H20Cl2N2O4S. The Bertz CT molecular complexity index is 987. The van der Waals surface area contributed by atoms with E-state index in [9.17, 15) is 13.2 Å². The lowest BCUT2D eigenvalue weighted by molar-refractivity contribution is -0.0440. The van der Waals surface area contributed by atoms with Crippen LogP contribution in [0.1, 0.15) is 24.2 Å². The summed E-state index contributed by atoms with van der Waals surface area (Å²) in [6.07, 6.45) is -0.398. The highest BCUT2D eigenvalue weighted by Gasteiger charge is 2.32. The topological polar surface area (TPSA) is 75.7 Å². The predicted octanol–water partition coefficient (Wildman–Crippen LogP) is 4.04. The Morgan fingerprint density at radius 3 is 2.46 bits per heavy atom. The summed E-state index contributed by atoms with van der Waals surface area (Å²) in [4.78, 5) is 12.7. The summed E-state index contributed by atoms with van der Waals surface area (Å²) in [5.74, 6) is -0.482. The zero-order chi connectivity index (χ0) is 20.5. The summed E-state index contributed by atoms with van der Waals surface area (Å²) in [5.41, 5.74) is 0.551. The summed E-state index contributed by atoms with van der Waals surface area (Å²) in [6.45, 7) is 4.19. The van der Waals surface area contributed by atoms with Gasteiger partial charge in [-0.25, -0.2) is 8.42 Å². The minimum Gasteiger partial charge on any atom is -0.373 e. The number of amides is 1. The van der Waals surface area contributed by atoms with Crippen LogP contribution in [0.4, 0.5) is 5.69 Å². The second-order valence-electron chi connectivity index (χ2n) is 6.69. The zero-order valence-corrected chi connectivity index (χ0v) is 17.7. The molecule has 150 valence electrons. The first-order valence-corrected chi connectivity index (χ1v) is 10.9.